The van der Waals surface area contributed by atoms with Crippen LogP contribution in [0.4, 0.5) is 0 Å². The molecule has 0 unspecified atom stereocenters. The zero-order chi connectivity index (χ0) is 17.1. The van der Waals surface area contributed by atoms with Gasteiger partial charge in [0.25, 0.3) is 5.56 Å². The molecule has 0 radical (unpaired) electrons. The summed E-state index contributed by atoms with van der Waals surface area (Å²) in [6.45, 7) is 6.79. The molecule has 0 N–H and O–H groups in total. The molecule has 0 bridgehead atoms. The lowest BCUT2D eigenvalue weighted by atomic mass is 10.1. The van der Waals surface area contributed by atoms with E-state index in [9.17, 15) is 4.79 Å². The molecule has 0 saturated carbocycles. The Bertz CT molecular complexity index is 870. The Labute approximate surface area is 150 Å². The summed E-state index contributed by atoms with van der Waals surface area (Å²) in [7, 11) is 0. The number of halogens is 1. The van der Waals surface area contributed by atoms with Gasteiger partial charge in [0.1, 0.15) is 0 Å². The molecular weight excluding hydrogens is 342 g/mol. The van der Waals surface area contributed by atoms with Gasteiger partial charge in [-0.3, -0.25) is 14.1 Å². The molecule has 0 aliphatic heterocycles. The summed E-state index contributed by atoms with van der Waals surface area (Å²) in [6, 6.07) is 9.54. The molecule has 3 rings (SSSR count). The lowest BCUT2D eigenvalue weighted by Gasteiger charge is -2.24. The van der Waals surface area contributed by atoms with E-state index in [1.807, 2.05) is 29.6 Å². The summed E-state index contributed by atoms with van der Waals surface area (Å²) in [5, 5.41) is 2.62. The van der Waals surface area contributed by atoms with Gasteiger partial charge in [-0.15, -0.1) is 11.3 Å². The van der Waals surface area contributed by atoms with E-state index in [0.29, 0.717) is 12.5 Å². The van der Waals surface area contributed by atoms with Gasteiger partial charge in [0.05, 0.1) is 5.69 Å². The zero-order valence-corrected chi connectivity index (χ0v) is 15.3. The highest BCUT2D eigenvalue weighted by Gasteiger charge is 2.12. The molecule has 0 spiro atoms. The molecule has 24 heavy (non-hydrogen) atoms. The molecule has 4 nitrogen and oxygen atoms in total. The number of benzene rings is 1. The second-order valence-corrected chi connectivity index (χ2v) is 7.64. The normalized spacial score (nSPS) is 11.7. The number of hydrogen-bond acceptors (Lipinski definition) is 4. The van der Waals surface area contributed by atoms with Gasteiger partial charge >= 0.3 is 0 Å². The Balaban J connectivity index is 1.82. The summed E-state index contributed by atoms with van der Waals surface area (Å²) in [6.07, 6.45) is 1.76. The van der Waals surface area contributed by atoms with Gasteiger partial charge in [0.15, 0.2) is 4.96 Å². The molecule has 0 atom stereocenters. The van der Waals surface area contributed by atoms with E-state index in [-0.39, 0.29) is 5.56 Å². The van der Waals surface area contributed by atoms with E-state index in [1.54, 1.807) is 16.7 Å². The largest absolute Gasteiger partial charge is 0.293 e. The summed E-state index contributed by atoms with van der Waals surface area (Å²) >= 11 is 7.45. The second-order valence-electron chi connectivity index (χ2n) is 6.33. The minimum Gasteiger partial charge on any atom is -0.293 e. The quantitative estimate of drug-likeness (QED) is 0.664. The van der Waals surface area contributed by atoms with Crippen LogP contribution in [0.15, 0.2) is 46.7 Å². The third-order valence-corrected chi connectivity index (χ3v) is 4.69. The van der Waals surface area contributed by atoms with Crippen LogP contribution in [0.2, 0.25) is 5.02 Å². The van der Waals surface area contributed by atoms with Crippen LogP contribution in [-0.2, 0) is 13.1 Å². The van der Waals surface area contributed by atoms with Crippen molar-refractivity contribution >= 4 is 27.9 Å². The number of thiazole rings is 1. The van der Waals surface area contributed by atoms with Gasteiger partial charge in [-0.25, -0.2) is 4.98 Å². The number of rotatable bonds is 6. The Morgan fingerprint density at radius 3 is 2.71 bits per heavy atom. The van der Waals surface area contributed by atoms with Gasteiger partial charge in [-0.05, 0) is 23.6 Å². The molecule has 0 aliphatic carbocycles. The predicted molar refractivity (Wildman–Crippen MR) is 99.7 cm³/mol. The maximum Gasteiger partial charge on any atom is 0.258 e. The van der Waals surface area contributed by atoms with Crippen molar-refractivity contribution in [2.45, 2.75) is 26.9 Å². The summed E-state index contributed by atoms with van der Waals surface area (Å²) in [5.74, 6) is 0.531. The summed E-state index contributed by atoms with van der Waals surface area (Å²) in [5.41, 5.74) is 2.00. The first kappa shape index (κ1) is 17.1. The molecule has 0 aliphatic rings. The van der Waals surface area contributed by atoms with Crippen LogP contribution in [0.5, 0.6) is 0 Å². The molecule has 2 aromatic heterocycles. The topological polar surface area (TPSA) is 37.6 Å². The van der Waals surface area contributed by atoms with Gasteiger partial charge in [0, 0.05) is 42.3 Å². The Morgan fingerprint density at radius 1 is 1.25 bits per heavy atom. The van der Waals surface area contributed by atoms with Gasteiger partial charge in [-0.1, -0.05) is 37.6 Å². The highest BCUT2D eigenvalue weighted by molar-refractivity contribution is 7.15. The first-order valence-corrected chi connectivity index (χ1v) is 9.19. The van der Waals surface area contributed by atoms with Crippen molar-refractivity contribution in [2.24, 2.45) is 5.92 Å². The average Bonchev–Trinajstić information content (AvgIpc) is 2.98. The lowest BCUT2D eigenvalue weighted by molar-refractivity contribution is 0.225. The lowest BCUT2D eigenvalue weighted by Crippen LogP contribution is -2.28. The highest BCUT2D eigenvalue weighted by Crippen LogP contribution is 2.15. The molecule has 0 amide bonds. The van der Waals surface area contributed by atoms with Crippen LogP contribution in [0.3, 0.4) is 0 Å². The molecular formula is C18H20ClN3OS. The minimum atomic E-state index is -0.0211. The fourth-order valence-electron chi connectivity index (χ4n) is 2.75. The van der Waals surface area contributed by atoms with Crippen LogP contribution in [0.1, 0.15) is 25.1 Å². The minimum absolute atomic E-state index is 0.0211. The van der Waals surface area contributed by atoms with Crippen molar-refractivity contribution in [3.8, 4) is 0 Å². The SMILES string of the molecule is CC(C)CN(Cc1ccc(Cl)cc1)Cc1cc(=O)n2ccsc2n1. The van der Waals surface area contributed by atoms with Crippen molar-refractivity contribution in [1.29, 1.82) is 0 Å². The zero-order valence-electron chi connectivity index (χ0n) is 13.8. The van der Waals surface area contributed by atoms with Crippen LogP contribution < -0.4 is 5.56 Å². The van der Waals surface area contributed by atoms with Crippen LogP contribution >= 0.6 is 22.9 Å². The third-order valence-electron chi connectivity index (χ3n) is 3.68. The third kappa shape index (κ3) is 4.23. The highest BCUT2D eigenvalue weighted by atomic mass is 35.5. The first-order chi connectivity index (χ1) is 11.5. The van der Waals surface area contributed by atoms with E-state index in [0.717, 1.165) is 28.8 Å². The maximum absolute atomic E-state index is 12.2. The fraction of sp³-hybridized carbons (Fsp3) is 0.333. The average molecular weight is 362 g/mol. The number of nitrogens with zero attached hydrogens (tertiary/aromatic N) is 3. The van der Waals surface area contributed by atoms with Crippen molar-refractivity contribution < 1.29 is 0 Å². The molecule has 126 valence electrons. The van der Waals surface area contributed by atoms with Crippen molar-refractivity contribution in [3.05, 3.63) is 68.5 Å². The van der Waals surface area contributed by atoms with Crippen LogP contribution in [-0.4, -0.2) is 20.8 Å². The van der Waals surface area contributed by atoms with Gasteiger partial charge in [-0.2, -0.15) is 0 Å². The summed E-state index contributed by atoms with van der Waals surface area (Å²) in [4.78, 5) is 19.8. The molecule has 1 aromatic carbocycles. The van der Waals surface area contributed by atoms with E-state index in [1.165, 1.54) is 16.9 Å². The molecule has 3 aromatic rings. The van der Waals surface area contributed by atoms with Gasteiger partial charge in [0.2, 0.25) is 0 Å². The molecule has 0 fully saturated rings. The van der Waals surface area contributed by atoms with E-state index in [2.05, 4.69) is 23.7 Å². The predicted octanol–water partition coefficient (Wildman–Crippen LogP) is 4.07. The van der Waals surface area contributed by atoms with Crippen molar-refractivity contribution in [3.63, 3.8) is 0 Å². The summed E-state index contributed by atoms with van der Waals surface area (Å²) < 4.78 is 1.58. The molecule has 2 heterocycles. The number of fused-ring (bicyclic) bond motifs is 1. The van der Waals surface area contributed by atoms with Gasteiger partial charge < -0.3 is 0 Å². The number of hydrogen-bond donors (Lipinski definition) is 0. The molecule has 0 saturated heterocycles. The van der Waals surface area contributed by atoms with E-state index >= 15 is 0 Å². The number of aromatic nitrogens is 2. The van der Waals surface area contributed by atoms with Crippen molar-refractivity contribution in [1.82, 2.24) is 14.3 Å². The maximum atomic E-state index is 12.2. The molecule has 6 heteroatoms. The fourth-order valence-corrected chi connectivity index (χ4v) is 3.61. The van der Waals surface area contributed by atoms with E-state index in [4.69, 9.17) is 11.6 Å². The van der Waals surface area contributed by atoms with Crippen molar-refractivity contribution in [2.75, 3.05) is 6.54 Å². The Hall–Kier alpha value is -1.69. The Kier molecular flexibility index (Phi) is 5.33. The van der Waals surface area contributed by atoms with Crippen LogP contribution in [0.25, 0.3) is 4.96 Å². The monoisotopic (exact) mass is 361 g/mol. The second kappa shape index (κ2) is 7.47. The smallest absolute Gasteiger partial charge is 0.258 e. The Morgan fingerprint density at radius 2 is 2.00 bits per heavy atom. The standard InChI is InChI=1S/C18H20ClN3OS/c1-13(2)10-21(11-14-3-5-15(19)6-4-14)12-16-9-17(23)22-7-8-24-18(22)20-16/h3-9,13H,10-12H2,1-2H3. The van der Waals surface area contributed by atoms with Crippen LogP contribution in [0, 0.1) is 5.92 Å². The first-order valence-electron chi connectivity index (χ1n) is 7.94. The van der Waals surface area contributed by atoms with E-state index < -0.39 is 0 Å².